The molecule has 0 radical (unpaired) electrons. The van der Waals surface area contributed by atoms with Crippen molar-refractivity contribution in [3.05, 3.63) is 21.9 Å². The third-order valence-electron chi connectivity index (χ3n) is 3.10. The Morgan fingerprint density at radius 1 is 1.06 bits per heavy atom. The van der Waals surface area contributed by atoms with Crippen LogP contribution in [0.15, 0.2) is 12.1 Å². The van der Waals surface area contributed by atoms with Crippen LogP contribution in [0.25, 0.3) is 0 Å². The van der Waals surface area contributed by atoms with Crippen molar-refractivity contribution in [3.63, 3.8) is 0 Å². The van der Waals surface area contributed by atoms with Gasteiger partial charge in [-0.3, -0.25) is 0 Å². The van der Waals surface area contributed by atoms with Crippen molar-refractivity contribution in [2.75, 3.05) is 13.1 Å². The van der Waals surface area contributed by atoms with Crippen LogP contribution in [-0.4, -0.2) is 13.1 Å². The van der Waals surface area contributed by atoms with Gasteiger partial charge in [-0.25, -0.2) is 0 Å². The Labute approximate surface area is 117 Å². The second-order valence-corrected chi connectivity index (χ2v) is 7.24. The molecule has 0 unspecified atom stereocenters. The molecule has 1 rings (SSSR count). The lowest BCUT2D eigenvalue weighted by atomic mass is 9.95. The van der Waals surface area contributed by atoms with Gasteiger partial charge >= 0.3 is 0 Å². The van der Waals surface area contributed by atoms with Gasteiger partial charge in [-0.15, -0.1) is 11.3 Å². The first-order chi connectivity index (χ1) is 8.54. The van der Waals surface area contributed by atoms with Gasteiger partial charge in [-0.05, 0) is 56.3 Å². The van der Waals surface area contributed by atoms with E-state index in [-0.39, 0.29) is 0 Å². The summed E-state index contributed by atoms with van der Waals surface area (Å²) in [5.41, 5.74) is 0.312. The molecule has 0 aliphatic rings. The quantitative estimate of drug-likeness (QED) is 0.670. The van der Waals surface area contributed by atoms with Crippen LogP contribution in [0.5, 0.6) is 0 Å². The highest BCUT2D eigenvalue weighted by Gasteiger charge is 2.15. The van der Waals surface area contributed by atoms with E-state index in [0.717, 1.165) is 0 Å². The molecule has 2 heteroatoms. The van der Waals surface area contributed by atoms with Crippen molar-refractivity contribution >= 4 is 11.3 Å². The van der Waals surface area contributed by atoms with Crippen molar-refractivity contribution < 1.29 is 0 Å². The third-order valence-corrected chi connectivity index (χ3v) is 4.68. The van der Waals surface area contributed by atoms with E-state index in [9.17, 15) is 0 Å². The maximum atomic E-state index is 3.46. The lowest BCUT2D eigenvalue weighted by Crippen LogP contribution is -2.15. The van der Waals surface area contributed by atoms with Gasteiger partial charge in [0.1, 0.15) is 0 Å². The minimum Gasteiger partial charge on any atom is -0.317 e. The average molecular weight is 267 g/mol. The van der Waals surface area contributed by atoms with Crippen LogP contribution in [0.1, 0.15) is 63.1 Å². The fraction of sp³-hybridized carbons (Fsp3) is 0.750. The molecule has 1 N–H and O–H groups in total. The molecule has 0 aliphatic carbocycles. The number of hydrogen-bond donors (Lipinski definition) is 1. The highest BCUT2D eigenvalue weighted by atomic mass is 32.1. The number of aryl methyl sites for hydroxylation is 1. The number of thiophene rings is 1. The average Bonchev–Trinajstić information content (AvgIpc) is 2.76. The molecule has 1 aromatic rings. The molecule has 0 bridgehead atoms. The van der Waals surface area contributed by atoms with Gasteiger partial charge in [0.15, 0.2) is 0 Å². The van der Waals surface area contributed by atoms with Crippen molar-refractivity contribution in [2.24, 2.45) is 0 Å². The van der Waals surface area contributed by atoms with Gasteiger partial charge in [-0.2, -0.15) is 0 Å². The SMILES string of the molecule is CCCNCCCCCc1ccc(C(C)(C)C)s1. The zero-order chi connectivity index (χ0) is 13.4. The molecule has 1 aromatic heterocycles. The molecule has 0 fully saturated rings. The maximum Gasteiger partial charge on any atom is 0.0102 e. The Kier molecular flexibility index (Phi) is 6.95. The Morgan fingerprint density at radius 3 is 2.44 bits per heavy atom. The van der Waals surface area contributed by atoms with Crippen LogP contribution < -0.4 is 5.32 Å². The van der Waals surface area contributed by atoms with Crippen LogP contribution in [-0.2, 0) is 11.8 Å². The summed E-state index contributed by atoms with van der Waals surface area (Å²) in [6.45, 7) is 11.5. The summed E-state index contributed by atoms with van der Waals surface area (Å²) in [5.74, 6) is 0. The summed E-state index contributed by atoms with van der Waals surface area (Å²) in [5, 5.41) is 3.46. The van der Waals surface area contributed by atoms with E-state index < -0.39 is 0 Å². The fourth-order valence-electron chi connectivity index (χ4n) is 1.94. The smallest absolute Gasteiger partial charge is 0.0102 e. The van der Waals surface area contributed by atoms with Crippen LogP contribution in [0, 0.1) is 0 Å². The van der Waals surface area contributed by atoms with Gasteiger partial charge in [-0.1, -0.05) is 34.1 Å². The lowest BCUT2D eigenvalue weighted by molar-refractivity contribution is 0.600. The van der Waals surface area contributed by atoms with Crippen LogP contribution in [0.3, 0.4) is 0 Å². The second kappa shape index (κ2) is 7.96. The van der Waals surface area contributed by atoms with Gasteiger partial charge in [0.05, 0.1) is 0 Å². The first-order valence-corrected chi connectivity index (χ1v) is 8.15. The molecular weight excluding hydrogens is 238 g/mol. The number of hydrogen-bond acceptors (Lipinski definition) is 2. The molecule has 0 aliphatic heterocycles. The number of nitrogens with one attached hydrogen (secondary N) is 1. The highest BCUT2D eigenvalue weighted by Crippen LogP contribution is 2.30. The van der Waals surface area contributed by atoms with Crippen LogP contribution >= 0.6 is 11.3 Å². The predicted octanol–water partition coefficient (Wildman–Crippen LogP) is 4.76. The summed E-state index contributed by atoms with van der Waals surface area (Å²) in [4.78, 5) is 3.07. The van der Waals surface area contributed by atoms with E-state index in [1.165, 1.54) is 50.1 Å². The minimum atomic E-state index is 0.312. The molecule has 18 heavy (non-hydrogen) atoms. The Hall–Kier alpha value is -0.340. The van der Waals surface area contributed by atoms with Crippen LogP contribution in [0.2, 0.25) is 0 Å². The molecule has 104 valence electrons. The van der Waals surface area contributed by atoms with Crippen molar-refractivity contribution in [1.29, 1.82) is 0 Å². The summed E-state index contributed by atoms with van der Waals surface area (Å²) in [6.07, 6.45) is 6.49. The molecule has 0 atom stereocenters. The molecular formula is C16H29NS. The highest BCUT2D eigenvalue weighted by molar-refractivity contribution is 7.12. The molecule has 0 spiro atoms. The van der Waals surface area contributed by atoms with E-state index in [0.29, 0.717) is 5.41 Å². The summed E-state index contributed by atoms with van der Waals surface area (Å²) < 4.78 is 0. The Morgan fingerprint density at radius 2 is 1.83 bits per heavy atom. The fourth-order valence-corrected chi connectivity index (χ4v) is 3.05. The topological polar surface area (TPSA) is 12.0 Å². The molecule has 1 nitrogen and oxygen atoms in total. The zero-order valence-electron chi connectivity index (χ0n) is 12.5. The van der Waals surface area contributed by atoms with Gasteiger partial charge in [0.25, 0.3) is 0 Å². The van der Waals surface area contributed by atoms with E-state index in [1.807, 2.05) is 11.3 Å². The molecule has 0 saturated heterocycles. The minimum absolute atomic E-state index is 0.312. The number of unbranched alkanes of at least 4 members (excludes halogenated alkanes) is 2. The Bertz CT molecular complexity index is 322. The molecule has 0 aromatic carbocycles. The van der Waals surface area contributed by atoms with Crippen LogP contribution in [0.4, 0.5) is 0 Å². The normalized spacial score (nSPS) is 12.0. The second-order valence-electron chi connectivity index (χ2n) is 6.08. The largest absolute Gasteiger partial charge is 0.317 e. The van der Waals surface area contributed by atoms with Crippen molar-refractivity contribution in [3.8, 4) is 0 Å². The zero-order valence-corrected chi connectivity index (χ0v) is 13.3. The van der Waals surface area contributed by atoms with Crippen molar-refractivity contribution in [2.45, 2.75) is 65.2 Å². The third kappa shape index (κ3) is 6.01. The first kappa shape index (κ1) is 15.7. The maximum absolute atomic E-state index is 3.46. The van der Waals surface area contributed by atoms with Gasteiger partial charge in [0.2, 0.25) is 0 Å². The van der Waals surface area contributed by atoms with E-state index in [4.69, 9.17) is 0 Å². The first-order valence-electron chi connectivity index (χ1n) is 7.34. The molecule has 1 heterocycles. The molecule has 0 amide bonds. The van der Waals surface area contributed by atoms with Gasteiger partial charge < -0.3 is 5.32 Å². The standard InChI is InChI=1S/C16H29NS/c1-5-12-17-13-8-6-7-9-14-10-11-15(18-14)16(2,3)4/h10-11,17H,5-9,12-13H2,1-4H3. The monoisotopic (exact) mass is 267 g/mol. The number of rotatable bonds is 8. The summed E-state index contributed by atoms with van der Waals surface area (Å²) in [6, 6.07) is 4.63. The lowest BCUT2D eigenvalue weighted by Gasteiger charge is -2.15. The Balaban J connectivity index is 2.14. The van der Waals surface area contributed by atoms with Crippen molar-refractivity contribution in [1.82, 2.24) is 5.32 Å². The predicted molar refractivity (Wildman–Crippen MR) is 83.7 cm³/mol. The van der Waals surface area contributed by atoms with E-state index in [2.05, 4.69) is 45.1 Å². The van der Waals surface area contributed by atoms with E-state index in [1.54, 1.807) is 4.88 Å². The summed E-state index contributed by atoms with van der Waals surface area (Å²) in [7, 11) is 0. The molecule has 0 saturated carbocycles. The van der Waals surface area contributed by atoms with Gasteiger partial charge in [0, 0.05) is 9.75 Å². The van der Waals surface area contributed by atoms with E-state index >= 15 is 0 Å². The summed E-state index contributed by atoms with van der Waals surface area (Å²) >= 11 is 2.00.